The number of methoxy groups -OCH3 is 2. The van der Waals surface area contributed by atoms with Crippen LogP contribution >= 0.6 is 11.3 Å². The molecule has 4 aromatic rings. The zero-order valence-corrected chi connectivity index (χ0v) is 19.4. The van der Waals surface area contributed by atoms with E-state index in [2.05, 4.69) is 28.6 Å². The van der Waals surface area contributed by atoms with Crippen molar-refractivity contribution >= 4 is 28.1 Å². The van der Waals surface area contributed by atoms with Crippen LogP contribution in [0.2, 0.25) is 0 Å². The summed E-state index contributed by atoms with van der Waals surface area (Å²) in [5.41, 5.74) is 1.76. The fraction of sp³-hybridized carbons (Fsp3) is 0.200. The van der Waals surface area contributed by atoms with Gasteiger partial charge in [-0.25, -0.2) is 4.98 Å². The number of hydrogen-bond donors (Lipinski definition) is 2. The van der Waals surface area contributed by atoms with Gasteiger partial charge in [0.2, 0.25) is 0 Å². The fourth-order valence-corrected chi connectivity index (χ4v) is 4.61. The Labute approximate surface area is 196 Å². The van der Waals surface area contributed by atoms with Gasteiger partial charge in [0, 0.05) is 22.2 Å². The number of hydrogen-bond acceptors (Lipinski definition) is 7. The van der Waals surface area contributed by atoms with E-state index in [-0.39, 0.29) is 17.7 Å². The molecule has 1 atom stereocenters. The summed E-state index contributed by atoms with van der Waals surface area (Å²) in [7, 11) is 3.22. The van der Waals surface area contributed by atoms with Crippen molar-refractivity contribution in [2.75, 3.05) is 24.9 Å². The number of benzene rings is 1. The highest BCUT2D eigenvalue weighted by Crippen LogP contribution is 2.43. The number of anilines is 2. The zero-order chi connectivity index (χ0) is 23.2. The molecular weight excluding hydrogens is 438 g/mol. The van der Waals surface area contributed by atoms with Crippen LogP contribution in [0, 0.1) is 0 Å². The Hall–Kier alpha value is -3.78. The molecular formula is C25H25N3O4S. The Bertz CT molecular complexity index is 1210. The summed E-state index contributed by atoms with van der Waals surface area (Å²) in [6.45, 7) is 2.08. The van der Waals surface area contributed by atoms with Gasteiger partial charge in [-0.2, -0.15) is 0 Å². The topological polar surface area (TPSA) is 85.6 Å². The van der Waals surface area contributed by atoms with E-state index in [4.69, 9.17) is 13.9 Å². The first-order valence-corrected chi connectivity index (χ1v) is 11.3. The van der Waals surface area contributed by atoms with Crippen LogP contribution in [0.15, 0.2) is 71.5 Å². The van der Waals surface area contributed by atoms with Gasteiger partial charge in [0.1, 0.15) is 10.8 Å². The van der Waals surface area contributed by atoms with Crippen LogP contribution in [0.5, 0.6) is 11.5 Å². The molecule has 7 nitrogen and oxygen atoms in total. The Kier molecular flexibility index (Phi) is 6.95. The summed E-state index contributed by atoms with van der Waals surface area (Å²) >= 11 is 1.54. The largest absolute Gasteiger partial charge is 0.493 e. The van der Waals surface area contributed by atoms with Gasteiger partial charge in [-0.1, -0.05) is 25.1 Å². The fourth-order valence-electron chi connectivity index (χ4n) is 3.58. The molecule has 4 rings (SSSR count). The molecule has 8 heteroatoms. The van der Waals surface area contributed by atoms with Crippen LogP contribution in [0.25, 0.3) is 0 Å². The predicted octanol–water partition coefficient (Wildman–Crippen LogP) is 5.77. The maximum atomic E-state index is 12.8. The molecule has 170 valence electrons. The van der Waals surface area contributed by atoms with Crippen molar-refractivity contribution in [1.82, 2.24) is 4.98 Å². The highest BCUT2D eigenvalue weighted by Gasteiger charge is 2.27. The summed E-state index contributed by atoms with van der Waals surface area (Å²) < 4.78 is 16.6. The second-order valence-electron chi connectivity index (χ2n) is 7.16. The number of ether oxygens (including phenoxy) is 2. The highest BCUT2D eigenvalue weighted by atomic mass is 32.1. The number of aryl methyl sites for hydroxylation is 1. The number of para-hydroxylation sites is 1. The number of carbonyl (C=O) groups excluding carboxylic acids is 1. The van der Waals surface area contributed by atoms with Crippen LogP contribution in [0.3, 0.4) is 0 Å². The normalized spacial score (nSPS) is 11.6. The first-order chi connectivity index (χ1) is 16.1. The van der Waals surface area contributed by atoms with E-state index in [0.717, 1.165) is 27.4 Å². The van der Waals surface area contributed by atoms with Crippen LogP contribution in [0.1, 0.15) is 39.5 Å². The molecule has 1 amide bonds. The molecule has 0 fully saturated rings. The second-order valence-corrected chi connectivity index (χ2v) is 8.29. The average Bonchev–Trinajstić information content (AvgIpc) is 3.53. The highest BCUT2D eigenvalue weighted by molar-refractivity contribution is 7.16. The van der Waals surface area contributed by atoms with Crippen molar-refractivity contribution in [2.24, 2.45) is 0 Å². The summed E-state index contributed by atoms with van der Waals surface area (Å²) in [5.74, 6) is 1.87. The van der Waals surface area contributed by atoms with Gasteiger partial charge in [-0.3, -0.25) is 4.79 Å². The van der Waals surface area contributed by atoms with Gasteiger partial charge in [0.25, 0.3) is 5.91 Å². The third-order valence-electron chi connectivity index (χ3n) is 5.14. The van der Waals surface area contributed by atoms with Gasteiger partial charge in [-0.15, -0.1) is 11.3 Å². The van der Waals surface area contributed by atoms with Gasteiger partial charge in [-0.05, 0) is 42.8 Å². The number of furan rings is 1. The van der Waals surface area contributed by atoms with E-state index in [9.17, 15) is 4.79 Å². The maximum Gasteiger partial charge on any atom is 0.291 e. The summed E-state index contributed by atoms with van der Waals surface area (Å²) in [4.78, 5) is 18.4. The van der Waals surface area contributed by atoms with Crippen molar-refractivity contribution in [3.05, 3.63) is 88.8 Å². The molecule has 0 saturated heterocycles. The SMILES string of the molecule is CCc1cc(C(Nc2ccccn2)c2cccc(OC)c2OC)c(NC(=O)c2ccco2)s1. The van der Waals surface area contributed by atoms with Crippen molar-refractivity contribution in [3.8, 4) is 11.5 Å². The third-order valence-corrected chi connectivity index (χ3v) is 6.36. The van der Waals surface area contributed by atoms with E-state index in [1.165, 1.54) is 17.6 Å². The lowest BCUT2D eigenvalue weighted by Gasteiger charge is -2.23. The summed E-state index contributed by atoms with van der Waals surface area (Å²) in [6.07, 6.45) is 4.04. The van der Waals surface area contributed by atoms with Gasteiger partial charge in [0.15, 0.2) is 17.3 Å². The first kappa shape index (κ1) is 22.4. The molecule has 33 heavy (non-hydrogen) atoms. The van der Waals surface area contributed by atoms with E-state index < -0.39 is 0 Å². The molecule has 0 saturated carbocycles. The Balaban J connectivity index is 1.83. The molecule has 0 bridgehead atoms. The standard InChI is InChI=1S/C25H25N3O4S/c1-4-16-15-18(25(33-16)28-24(29)20-11-8-14-32-20)22(27-21-12-5-6-13-26-21)17-9-7-10-19(30-2)23(17)31-3/h5-15,22H,4H2,1-3H3,(H,26,27)(H,28,29). The Morgan fingerprint density at radius 1 is 1.09 bits per heavy atom. The van der Waals surface area contributed by atoms with Crippen molar-refractivity contribution in [2.45, 2.75) is 19.4 Å². The van der Waals surface area contributed by atoms with E-state index in [1.807, 2.05) is 36.4 Å². The second kappa shape index (κ2) is 10.2. The molecule has 0 aliphatic heterocycles. The molecule has 0 radical (unpaired) electrons. The number of amides is 1. The smallest absolute Gasteiger partial charge is 0.291 e. The summed E-state index contributed by atoms with van der Waals surface area (Å²) in [6, 6.07) is 16.5. The lowest BCUT2D eigenvalue weighted by atomic mass is 9.98. The minimum atomic E-state index is -0.367. The van der Waals surface area contributed by atoms with Gasteiger partial charge < -0.3 is 24.5 Å². The van der Waals surface area contributed by atoms with E-state index >= 15 is 0 Å². The molecule has 0 aliphatic rings. The van der Waals surface area contributed by atoms with E-state index in [1.54, 1.807) is 32.5 Å². The Morgan fingerprint density at radius 3 is 2.64 bits per heavy atom. The predicted molar refractivity (Wildman–Crippen MR) is 130 cm³/mol. The van der Waals surface area contributed by atoms with E-state index in [0.29, 0.717) is 17.3 Å². The molecule has 3 heterocycles. The molecule has 0 aliphatic carbocycles. The number of thiophene rings is 1. The van der Waals surface area contributed by atoms with Gasteiger partial charge >= 0.3 is 0 Å². The number of nitrogens with zero attached hydrogens (tertiary/aromatic N) is 1. The average molecular weight is 464 g/mol. The molecule has 2 N–H and O–H groups in total. The maximum absolute atomic E-state index is 12.8. The number of carbonyl (C=O) groups is 1. The van der Waals surface area contributed by atoms with Crippen LogP contribution in [0.4, 0.5) is 10.8 Å². The molecule has 1 aromatic carbocycles. The monoisotopic (exact) mass is 463 g/mol. The van der Waals surface area contributed by atoms with Crippen molar-refractivity contribution in [1.29, 1.82) is 0 Å². The number of rotatable bonds is 9. The Morgan fingerprint density at radius 2 is 1.97 bits per heavy atom. The first-order valence-electron chi connectivity index (χ1n) is 10.5. The summed E-state index contributed by atoms with van der Waals surface area (Å²) in [5, 5.41) is 7.26. The number of nitrogens with one attached hydrogen (secondary N) is 2. The number of pyridine rings is 1. The number of aromatic nitrogens is 1. The zero-order valence-electron chi connectivity index (χ0n) is 18.6. The van der Waals surface area contributed by atoms with Crippen LogP contribution in [-0.2, 0) is 6.42 Å². The molecule has 3 aromatic heterocycles. The van der Waals surface area contributed by atoms with Crippen LogP contribution in [-0.4, -0.2) is 25.1 Å². The lowest BCUT2D eigenvalue weighted by molar-refractivity contribution is 0.0997. The van der Waals surface area contributed by atoms with Crippen molar-refractivity contribution < 1.29 is 18.7 Å². The minimum absolute atomic E-state index is 0.251. The lowest BCUT2D eigenvalue weighted by Crippen LogP contribution is -2.17. The molecule has 1 unspecified atom stereocenters. The van der Waals surface area contributed by atoms with Gasteiger partial charge in [0.05, 0.1) is 26.5 Å². The van der Waals surface area contributed by atoms with Crippen LogP contribution < -0.4 is 20.1 Å². The quantitative estimate of drug-likeness (QED) is 0.328. The molecule has 0 spiro atoms. The minimum Gasteiger partial charge on any atom is -0.493 e. The third kappa shape index (κ3) is 4.85. The van der Waals surface area contributed by atoms with Crippen molar-refractivity contribution in [3.63, 3.8) is 0 Å².